The van der Waals surface area contributed by atoms with Crippen LogP contribution in [0.1, 0.15) is 48.0 Å². The first-order valence-electron chi connectivity index (χ1n) is 8.01. The van der Waals surface area contributed by atoms with Gasteiger partial charge in [-0.1, -0.05) is 12.8 Å². The minimum atomic E-state index is -0.535. The lowest BCUT2D eigenvalue weighted by molar-refractivity contribution is -0.131. The number of aryl methyl sites for hydroxylation is 1. The van der Waals surface area contributed by atoms with Crippen molar-refractivity contribution in [3.63, 3.8) is 0 Å². The number of nitrogens with zero attached hydrogens (tertiary/aromatic N) is 2. The molecule has 22 heavy (non-hydrogen) atoms. The van der Waals surface area contributed by atoms with Crippen molar-refractivity contribution >= 4 is 11.8 Å². The largest absolute Gasteiger partial charge is 0.369 e. The molecule has 1 aliphatic carbocycles. The van der Waals surface area contributed by atoms with Gasteiger partial charge in [0.1, 0.15) is 0 Å². The highest BCUT2D eigenvalue weighted by Crippen LogP contribution is 2.44. The Bertz CT molecular complexity index is 597. The minimum Gasteiger partial charge on any atom is -0.369 e. The van der Waals surface area contributed by atoms with Crippen LogP contribution in [0.15, 0.2) is 18.5 Å². The molecule has 0 bridgehead atoms. The molecular formula is C17H23N3O2. The van der Waals surface area contributed by atoms with Gasteiger partial charge in [0.2, 0.25) is 5.91 Å². The Morgan fingerprint density at radius 1 is 1.41 bits per heavy atom. The first kappa shape index (κ1) is 15.0. The third-order valence-corrected chi connectivity index (χ3v) is 4.89. The third kappa shape index (κ3) is 2.98. The van der Waals surface area contributed by atoms with Crippen LogP contribution in [0.4, 0.5) is 0 Å². The number of carbonyl (C=O) groups excluding carboxylic acids is 2. The fourth-order valence-electron chi connectivity index (χ4n) is 3.50. The number of amides is 2. The van der Waals surface area contributed by atoms with E-state index in [2.05, 4.69) is 4.98 Å². The summed E-state index contributed by atoms with van der Waals surface area (Å²) in [6, 6.07) is 1.84. The maximum atomic E-state index is 12.7. The van der Waals surface area contributed by atoms with Crippen LogP contribution in [0, 0.1) is 18.3 Å². The van der Waals surface area contributed by atoms with Gasteiger partial charge in [0.05, 0.1) is 11.0 Å². The zero-order valence-corrected chi connectivity index (χ0v) is 13.0. The highest BCUT2D eigenvalue weighted by atomic mass is 16.2. The van der Waals surface area contributed by atoms with Crippen molar-refractivity contribution in [3.05, 3.63) is 29.6 Å². The number of primary amides is 1. The monoisotopic (exact) mass is 301 g/mol. The predicted octanol–water partition coefficient (Wildman–Crippen LogP) is 1.90. The molecule has 1 saturated carbocycles. The van der Waals surface area contributed by atoms with Gasteiger partial charge in [-0.2, -0.15) is 0 Å². The second kappa shape index (κ2) is 5.71. The number of carbonyl (C=O) groups is 2. The Morgan fingerprint density at radius 3 is 2.82 bits per heavy atom. The zero-order chi connectivity index (χ0) is 15.7. The lowest BCUT2D eigenvalue weighted by Crippen LogP contribution is -2.52. The second-order valence-electron chi connectivity index (χ2n) is 6.87. The standard InChI is InChI=1S/C17H23N3O2/c1-12-7-14(10-19-9-12)15(21)20-6-2-5-17(11-20,16(18)22)8-13-3-4-13/h7,9-10,13H,2-6,8,11H2,1H3,(H2,18,22). The molecule has 1 aromatic rings. The molecule has 1 unspecified atom stereocenters. The zero-order valence-electron chi connectivity index (χ0n) is 13.0. The van der Waals surface area contributed by atoms with Gasteiger partial charge in [-0.3, -0.25) is 14.6 Å². The van der Waals surface area contributed by atoms with Crippen LogP contribution in [0.2, 0.25) is 0 Å². The Hall–Kier alpha value is -1.91. The summed E-state index contributed by atoms with van der Waals surface area (Å²) in [6.45, 7) is 3.05. The van der Waals surface area contributed by atoms with Gasteiger partial charge in [-0.25, -0.2) is 0 Å². The minimum absolute atomic E-state index is 0.0441. The molecule has 2 amide bonds. The summed E-state index contributed by atoms with van der Waals surface area (Å²) < 4.78 is 0. The first-order chi connectivity index (χ1) is 10.5. The van der Waals surface area contributed by atoms with Crippen LogP contribution in [0.3, 0.4) is 0 Å². The summed E-state index contributed by atoms with van der Waals surface area (Å²) in [5, 5.41) is 0. The van der Waals surface area contributed by atoms with Crippen molar-refractivity contribution in [2.45, 2.75) is 39.0 Å². The Labute approximate surface area is 130 Å². The van der Waals surface area contributed by atoms with Crippen LogP contribution < -0.4 is 5.73 Å². The molecule has 2 aliphatic rings. The first-order valence-corrected chi connectivity index (χ1v) is 8.01. The van der Waals surface area contributed by atoms with E-state index in [1.165, 1.54) is 12.8 Å². The van der Waals surface area contributed by atoms with Crippen LogP contribution >= 0.6 is 0 Å². The maximum Gasteiger partial charge on any atom is 0.255 e. The van der Waals surface area contributed by atoms with Crippen molar-refractivity contribution in [1.29, 1.82) is 0 Å². The van der Waals surface area contributed by atoms with Gasteiger partial charge in [0.15, 0.2) is 0 Å². The van der Waals surface area contributed by atoms with E-state index in [0.29, 0.717) is 24.6 Å². The molecular weight excluding hydrogens is 278 g/mol. The summed E-state index contributed by atoms with van der Waals surface area (Å²) in [5.74, 6) is 0.319. The van der Waals surface area contributed by atoms with E-state index in [4.69, 9.17) is 5.73 Å². The molecule has 1 aromatic heterocycles. The lowest BCUT2D eigenvalue weighted by Gasteiger charge is -2.41. The third-order valence-electron chi connectivity index (χ3n) is 4.89. The molecule has 5 heteroatoms. The van der Waals surface area contributed by atoms with Gasteiger partial charge in [-0.15, -0.1) is 0 Å². The Balaban J connectivity index is 1.79. The summed E-state index contributed by atoms with van der Waals surface area (Å²) in [7, 11) is 0. The number of likely N-dealkylation sites (tertiary alicyclic amines) is 1. The van der Waals surface area contributed by atoms with Gasteiger partial charge >= 0.3 is 0 Å². The molecule has 0 aromatic carbocycles. The molecule has 5 nitrogen and oxygen atoms in total. The molecule has 2 fully saturated rings. The summed E-state index contributed by atoms with van der Waals surface area (Å²) in [6.07, 6.45) is 8.16. The van der Waals surface area contributed by atoms with Gasteiger partial charge in [-0.05, 0) is 43.7 Å². The van der Waals surface area contributed by atoms with E-state index in [-0.39, 0.29) is 11.8 Å². The van der Waals surface area contributed by atoms with E-state index in [1.54, 1.807) is 17.3 Å². The van der Waals surface area contributed by atoms with Crippen molar-refractivity contribution in [2.75, 3.05) is 13.1 Å². The number of pyridine rings is 1. The fraction of sp³-hybridized carbons (Fsp3) is 0.588. The quantitative estimate of drug-likeness (QED) is 0.922. The van der Waals surface area contributed by atoms with E-state index >= 15 is 0 Å². The van der Waals surface area contributed by atoms with Gasteiger partial charge < -0.3 is 10.6 Å². The number of piperidine rings is 1. The second-order valence-corrected chi connectivity index (χ2v) is 6.87. The van der Waals surface area contributed by atoms with E-state index < -0.39 is 5.41 Å². The molecule has 3 rings (SSSR count). The Kier molecular flexibility index (Phi) is 3.89. The molecule has 0 radical (unpaired) electrons. The molecule has 2 N–H and O–H groups in total. The number of aromatic nitrogens is 1. The molecule has 0 spiro atoms. The van der Waals surface area contributed by atoms with Crippen molar-refractivity contribution in [3.8, 4) is 0 Å². The number of hydrogen-bond acceptors (Lipinski definition) is 3. The average molecular weight is 301 g/mol. The van der Waals surface area contributed by atoms with Crippen LogP contribution in [-0.4, -0.2) is 34.8 Å². The SMILES string of the molecule is Cc1cncc(C(=O)N2CCCC(CC3CC3)(C(N)=O)C2)c1. The number of nitrogens with two attached hydrogens (primary N) is 1. The van der Waals surface area contributed by atoms with Crippen molar-refractivity contribution in [2.24, 2.45) is 17.1 Å². The van der Waals surface area contributed by atoms with E-state index in [0.717, 1.165) is 24.8 Å². The van der Waals surface area contributed by atoms with Crippen molar-refractivity contribution in [1.82, 2.24) is 9.88 Å². The van der Waals surface area contributed by atoms with Gasteiger partial charge in [0, 0.05) is 25.5 Å². The highest BCUT2D eigenvalue weighted by molar-refractivity contribution is 5.94. The number of rotatable bonds is 4. The summed E-state index contributed by atoms with van der Waals surface area (Å²) in [4.78, 5) is 30.6. The molecule has 1 saturated heterocycles. The summed E-state index contributed by atoms with van der Waals surface area (Å²) in [5.41, 5.74) is 6.73. The normalized spacial score (nSPS) is 25.0. The van der Waals surface area contributed by atoms with Crippen LogP contribution in [-0.2, 0) is 4.79 Å². The van der Waals surface area contributed by atoms with Crippen molar-refractivity contribution < 1.29 is 9.59 Å². The molecule has 118 valence electrons. The smallest absolute Gasteiger partial charge is 0.255 e. The topological polar surface area (TPSA) is 76.3 Å². The molecule has 1 atom stereocenters. The van der Waals surface area contributed by atoms with Gasteiger partial charge in [0.25, 0.3) is 5.91 Å². The highest BCUT2D eigenvalue weighted by Gasteiger charge is 2.45. The average Bonchev–Trinajstić information content (AvgIpc) is 3.30. The summed E-state index contributed by atoms with van der Waals surface area (Å²) >= 11 is 0. The maximum absolute atomic E-state index is 12.7. The molecule has 1 aliphatic heterocycles. The molecule has 2 heterocycles. The van der Waals surface area contributed by atoms with Crippen LogP contribution in [0.25, 0.3) is 0 Å². The number of hydrogen-bond donors (Lipinski definition) is 1. The fourth-order valence-corrected chi connectivity index (χ4v) is 3.50. The lowest BCUT2D eigenvalue weighted by atomic mass is 9.75. The predicted molar refractivity (Wildman–Crippen MR) is 83.1 cm³/mol. The Morgan fingerprint density at radius 2 is 2.18 bits per heavy atom. The van der Waals surface area contributed by atoms with Crippen LogP contribution in [0.5, 0.6) is 0 Å². The van der Waals surface area contributed by atoms with E-state index in [1.807, 2.05) is 13.0 Å². The van der Waals surface area contributed by atoms with E-state index in [9.17, 15) is 9.59 Å².